The Hall–Kier alpha value is -1.82. The van der Waals surface area contributed by atoms with Crippen molar-refractivity contribution in [1.82, 2.24) is 0 Å². The molecule has 0 spiro atoms. The highest BCUT2D eigenvalue weighted by Crippen LogP contribution is 2.42. The molecule has 0 fully saturated rings. The summed E-state index contributed by atoms with van der Waals surface area (Å²) in [5.41, 5.74) is 10.2. The van der Waals surface area contributed by atoms with Crippen molar-refractivity contribution in [3.63, 3.8) is 0 Å². The molecule has 0 saturated carbocycles. The topological polar surface area (TPSA) is 0 Å². The van der Waals surface area contributed by atoms with E-state index in [9.17, 15) is 0 Å². The molecule has 0 radical (unpaired) electrons. The van der Waals surface area contributed by atoms with E-state index in [1.54, 1.807) is 0 Å². The van der Waals surface area contributed by atoms with E-state index in [0.717, 1.165) is 6.42 Å². The summed E-state index contributed by atoms with van der Waals surface area (Å²) in [5.74, 6) is 0. The molecule has 3 rings (SSSR count). The van der Waals surface area contributed by atoms with E-state index < -0.39 is 0 Å². The van der Waals surface area contributed by atoms with Crippen molar-refractivity contribution in [3.8, 4) is 11.1 Å². The van der Waals surface area contributed by atoms with Crippen molar-refractivity contribution in [2.45, 2.75) is 41.0 Å². The van der Waals surface area contributed by atoms with Crippen LogP contribution in [0.4, 0.5) is 0 Å². The number of fused-ring (bicyclic) bond motifs is 1. The molecule has 108 valence electrons. The van der Waals surface area contributed by atoms with Gasteiger partial charge in [0.15, 0.2) is 0 Å². The van der Waals surface area contributed by atoms with Crippen molar-refractivity contribution >= 4 is 6.08 Å². The summed E-state index contributed by atoms with van der Waals surface area (Å²) in [6.45, 7) is 11.4. The van der Waals surface area contributed by atoms with Crippen LogP contribution in [-0.2, 0) is 6.42 Å². The Labute approximate surface area is 128 Å². The molecule has 0 unspecified atom stereocenters. The van der Waals surface area contributed by atoms with Gasteiger partial charge in [-0.25, -0.2) is 0 Å². The fourth-order valence-electron chi connectivity index (χ4n) is 3.21. The molecule has 2 aromatic rings. The second kappa shape index (κ2) is 4.87. The van der Waals surface area contributed by atoms with Crippen molar-refractivity contribution < 1.29 is 0 Å². The van der Waals surface area contributed by atoms with Crippen LogP contribution in [0.5, 0.6) is 0 Å². The van der Waals surface area contributed by atoms with Gasteiger partial charge in [-0.15, -0.1) is 0 Å². The maximum atomic E-state index is 2.43. The Balaban J connectivity index is 2.23. The molecule has 21 heavy (non-hydrogen) atoms. The molecule has 0 atom stereocenters. The molecule has 0 N–H and O–H groups in total. The molecule has 2 aromatic carbocycles. The zero-order valence-electron chi connectivity index (χ0n) is 13.7. The van der Waals surface area contributed by atoms with Crippen molar-refractivity contribution in [3.05, 3.63) is 64.2 Å². The fraction of sp³-hybridized carbons (Fsp3) is 0.333. The lowest BCUT2D eigenvalue weighted by molar-refractivity contribution is 0.498. The lowest BCUT2D eigenvalue weighted by Gasteiger charge is -2.19. The summed E-state index contributed by atoms with van der Waals surface area (Å²) < 4.78 is 0. The molecule has 0 saturated heterocycles. The first-order valence-electron chi connectivity index (χ1n) is 7.77. The molecule has 0 aliphatic heterocycles. The minimum atomic E-state index is 0.246. The molecular weight excluding hydrogens is 252 g/mol. The Morgan fingerprint density at radius 2 is 1.57 bits per heavy atom. The SMILES string of the molecule is Cc1ccccc1-c1c(C)ccc2c1C=C(C(C)(C)C)C2. The molecule has 0 amide bonds. The lowest BCUT2D eigenvalue weighted by atomic mass is 9.85. The van der Waals surface area contributed by atoms with Crippen LogP contribution in [-0.4, -0.2) is 0 Å². The number of rotatable bonds is 1. The van der Waals surface area contributed by atoms with Crippen LogP contribution < -0.4 is 0 Å². The Morgan fingerprint density at radius 1 is 0.857 bits per heavy atom. The van der Waals surface area contributed by atoms with Crippen LogP contribution >= 0.6 is 0 Å². The predicted molar refractivity (Wildman–Crippen MR) is 92.5 cm³/mol. The Morgan fingerprint density at radius 3 is 2.24 bits per heavy atom. The zero-order valence-corrected chi connectivity index (χ0v) is 13.7. The first kappa shape index (κ1) is 14.1. The normalized spacial score (nSPS) is 14.0. The van der Waals surface area contributed by atoms with Crippen LogP contribution in [0.15, 0.2) is 42.0 Å². The number of benzene rings is 2. The Bertz CT molecular complexity index is 724. The first-order chi connectivity index (χ1) is 9.88. The average Bonchev–Trinajstić information content (AvgIpc) is 2.84. The van der Waals surface area contributed by atoms with Crippen molar-refractivity contribution in [2.24, 2.45) is 5.41 Å². The van der Waals surface area contributed by atoms with Gasteiger partial charge in [-0.1, -0.05) is 68.8 Å². The summed E-state index contributed by atoms with van der Waals surface area (Å²) in [5, 5.41) is 0. The molecule has 0 nitrogen and oxygen atoms in total. The van der Waals surface area contributed by atoms with E-state index in [-0.39, 0.29) is 5.41 Å². The second-order valence-electron chi connectivity index (χ2n) is 7.24. The van der Waals surface area contributed by atoms with Crippen molar-refractivity contribution in [2.75, 3.05) is 0 Å². The standard InChI is InChI=1S/C21H24/c1-14-8-6-7-9-18(14)20-15(2)10-11-16-12-17(13-19(16)20)21(3,4)5/h6-11,13H,12H2,1-5H3. The lowest BCUT2D eigenvalue weighted by Crippen LogP contribution is -2.08. The van der Waals surface area contributed by atoms with E-state index in [0.29, 0.717) is 0 Å². The maximum absolute atomic E-state index is 2.43. The third-order valence-corrected chi connectivity index (χ3v) is 4.62. The summed E-state index contributed by atoms with van der Waals surface area (Å²) >= 11 is 0. The smallest absolute Gasteiger partial charge is 0.00523 e. The largest absolute Gasteiger partial charge is 0.0620 e. The molecular formula is C21H24. The summed E-state index contributed by atoms with van der Waals surface area (Å²) in [7, 11) is 0. The van der Waals surface area contributed by atoms with Crippen LogP contribution in [0.3, 0.4) is 0 Å². The highest BCUT2D eigenvalue weighted by atomic mass is 14.3. The van der Waals surface area contributed by atoms with Gasteiger partial charge < -0.3 is 0 Å². The third-order valence-electron chi connectivity index (χ3n) is 4.62. The number of hydrogen-bond acceptors (Lipinski definition) is 0. The average molecular weight is 276 g/mol. The van der Waals surface area contributed by atoms with Gasteiger partial charge in [0.2, 0.25) is 0 Å². The molecule has 1 aliphatic carbocycles. The number of aryl methyl sites for hydroxylation is 2. The van der Waals surface area contributed by atoms with Crippen LogP contribution in [0.2, 0.25) is 0 Å². The second-order valence-corrected chi connectivity index (χ2v) is 7.24. The molecule has 1 aliphatic rings. The molecule has 0 bridgehead atoms. The van der Waals surface area contributed by atoms with Gasteiger partial charge >= 0.3 is 0 Å². The van der Waals surface area contributed by atoms with E-state index >= 15 is 0 Å². The summed E-state index contributed by atoms with van der Waals surface area (Å²) in [6.07, 6.45) is 3.53. The molecule has 0 heterocycles. The minimum Gasteiger partial charge on any atom is -0.0620 e. The summed E-state index contributed by atoms with van der Waals surface area (Å²) in [4.78, 5) is 0. The van der Waals surface area contributed by atoms with Crippen molar-refractivity contribution in [1.29, 1.82) is 0 Å². The number of allylic oxidation sites excluding steroid dienone is 1. The molecule has 0 aromatic heterocycles. The van der Waals surface area contributed by atoms with Gasteiger partial charge in [0.1, 0.15) is 0 Å². The van der Waals surface area contributed by atoms with E-state index in [1.807, 2.05) is 0 Å². The van der Waals surface area contributed by atoms with Crippen LogP contribution in [0.25, 0.3) is 17.2 Å². The van der Waals surface area contributed by atoms with Gasteiger partial charge in [0.05, 0.1) is 0 Å². The summed E-state index contributed by atoms with van der Waals surface area (Å²) in [6, 6.07) is 13.3. The van der Waals surface area contributed by atoms with Gasteiger partial charge in [-0.3, -0.25) is 0 Å². The van der Waals surface area contributed by atoms with Crippen LogP contribution in [0.1, 0.15) is 43.0 Å². The van der Waals surface area contributed by atoms with Crippen LogP contribution in [0, 0.1) is 19.3 Å². The Kier molecular flexibility index (Phi) is 3.28. The van der Waals surface area contributed by atoms with Gasteiger partial charge in [0.25, 0.3) is 0 Å². The van der Waals surface area contributed by atoms with E-state index in [2.05, 4.69) is 77.1 Å². The highest BCUT2D eigenvalue weighted by Gasteiger charge is 2.25. The fourth-order valence-corrected chi connectivity index (χ4v) is 3.21. The molecule has 0 heteroatoms. The zero-order chi connectivity index (χ0) is 15.2. The van der Waals surface area contributed by atoms with E-state index in [4.69, 9.17) is 0 Å². The maximum Gasteiger partial charge on any atom is -0.00523 e. The monoisotopic (exact) mass is 276 g/mol. The van der Waals surface area contributed by atoms with E-state index in [1.165, 1.54) is 39.0 Å². The van der Waals surface area contributed by atoms with Gasteiger partial charge in [0, 0.05) is 0 Å². The first-order valence-corrected chi connectivity index (χ1v) is 7.77. The highest BCUT2D eigenvalue weighted by molar-refractivity contribution is 5.84. The van der Waals surface area contributed by atoms with Gasteiger partial charge in [-0.2, -0.15) is 0 Å². The quantitative estimate of drug-likeness (QED) is 0.603. The number of hydrogen-bond donors (Lipinski definition) is 0. The third kappa shape index (κ3) is 2.44. The predicted octanol–water partition coefficient (Wildman–Crippen LogP) is 5.96. The minimum absolute atomic E-state index is 0.246. The van der Waals surface area contributed by atoms with Gasteiger partial charge in [-0.05, 0) is 59.1 Å².